The van der Waals surface area contributed by atoms with Crippen molar-refractivity contribution < 1.29 is 9.84 Å². The first-order valence-electron chi connectivity index (χ1n) is 7.04. The summed E-state index contributed by atoms with van der Waals surface area (Å²) in [5, 5.41) is 10.4. The molecule has 1 N–H and O–H groups in total. The molecule has 0 saturated heterocycles. The molecular weight excluding hydrogens is 300 g/mol. The second kappa shape index (κ2) is 4.89. The molecule has 1 spiro atoms. The molecule has 1 aliphatic heterocycles. The largest absolute Gasteiger partial charge is 0.504 e. The van der Waals surface area contributed by atoms with E-state index in [4.69, 9.17) is 4.74 Å². The summed E-state index contributed by atoms with van der Waals surface area (Å²) in [6, 6.07) is 12.7. The van der Waals surface area contributed by atoms with Crippen molar-refractivity contribution in [2.75, 3.05) is 7.11 Å². The zero-order chi connectivity index (χ0) is 14.4. The highest BCUT2D eigenvalue weighted by atomic mass is 32.2. The Balaban J connectivity index is 1.79. The van der Waals surface area contributed by atoms with Gasteiger partial charge in [-0.1, -0.05) is 24.3 Å². The van der Waals surface area contributed by atoms with Crippen molar-refractivity contribution >= 4 is 23.5 Å². The molecule has 2 aromatic rings. The summed E-state index contributed by atoms with van der Waals surface area (Å²) in [6.07, 6.45) is 1.98. The number of thioether (sulfide) groups is 2. The predicted molar refractivity (Wildman–Crippen MR) is 88.3 cm³/mol. The van der Waals surface area contributed by atoms with Gasteiger partial charge >= 0.3 is 0 Å². The Kier molecular flexibility index (Phi) is 3.12. The summed E-state index contributed by atoms with van der Waals surface area (Å²) in [7, 11) is 1.60. The van der Waals surface area contributed by atoms with Gasteiger partial charge in [-0.05, 0) is 36.1 Å². The standard InChI is InChI=1S/C17H16O2S2/c1-19-14-7-6-13-12(16(14)18)8-9-17(13)20-10-11-4-2-3-5-15(11)21-17/h2-7,18H,8-10H2,1H3. The highest BCUT2D eigenvalue weighted by Gasteiger charge is 2.44. The zero-order valence-electron chi connectivity index (χ0n) is 11.8. The molecule has 2 aromatic carbocycles. The minimum absolute atomic E-state index is 0.0490. The first-order chi connectivity index (χ1) is 10.2. The molecule has 0 radical (unpaired) electrons. The van der Waals surface area contributed by atoms with Crippen LogP contribution in [0.2, 0.25) is 0 Å². The third kappa shape index (κ3) is 1.96. The maximum atomic E-state index is 10.4. The molecule has 0 saturated carbocycles. The molecule has 2 nitrogen and oxygen atoms in total. The van der Waals surface area contributed by atoms with E-state index >= 15 is 0 Å². The van der Waals surface area contributed by atoms with Crippen LogP contribution >= 0.6 is 23.5 Å². The highest BCUT2D eigenvalue weighted by molar-refractivity contribution is 8.17. The van der Waals surface area contributed by atoms with E-state index in [1.165, 1.54) is 16.0 Å². The lowest BCUT2D eigenvalue weighted by Crippen LogP contribution is -2.17. The van der Waals surface area contributed by atoms with Crippen LogP contribution < -0.4 is 4.74 Å². The molecule has 4 rings (SSSR count). The SMILES string of the molecule is COc1ccc2c(c1O)CCC21SCc2ccccc2S1. The van der Waals surface area contributed by atoms with Crippen LogP contribution in [-0.4, -0.2) is 12.2 Å². The summed E-state index contributed by atoms with van der Waals surface area (Å²) in [5.41, 5.74) is 3.75. The number of hydrogen-bond acceptors (Lipinski definition) is 4. The van der Waals surface area contributed by atoms with Gasteiger partial charge in [-0.15, -0.1) is 23.5 Å². The van der Waals surface area contributed by atoms with E-state index in [2.05, 4.69) is 30.3 Å². The molecule has 1 heterocycles. The van der Waals surface area contributed by atoms with Gasteiger partial charge in [0.25, 0.3) is 0 Å². The van der Waals surface area contributed by atoms with Crippen LogP contribution in [0.4, 0.5) is 0 Å². The van der Waals surface area contributed by atoms with Crippen molar-refractivity contribution in [3.05, 3.63) is 53.1 Å². The fourth-order valence-corrected chi connectivity index (χ4v) is 6.48. The van der Waals surface area contributed by atoms with Gasteiger partial charge in [0, 0.05) is 16.2 Å². The van der Waals surface area contributed by atoms with E-state index in [1.54, 1.807) is 7.11 Å². The van der Waals surface area contributed by atoms with Crippen molar-refractivity contribution in [3.8, 4) is 11.5 Å². The summed E-state index contributed by atoms with van der Waals surface area (Å²) in [5.74, 6) is 1.94. The Labute approximate surface area is 132 Å². The lowest BCUT2D eigenvalue weighted by atomic mass is 10.1. The Morgan fingerprint density at radius 1 is 1.19 bits per heavy atom. The maximum absolute atomic E-state index is 10.4. The average molecular weight is 316 g/mol. The van der Waals surface area contributed by atoms with Crippen molar-refractivity contribution in [2.24, 2.45) is 0 Å². The van der Waals surface area contributed by atoms with Crippen LogP contribution in [0, 0.1) is 0 Å². The van der Waals surface area contributed by atoms with Crippen LogP contribution in [0.1, 0.15) is 23.1 Å². The van der Waals surface area contributed by atoms with Gasteiger partial charge in [-0.25, -0.2) is 0 Å². The van der Waals surface area contributed by atoms with Crippen LogP contribution in [-0.2, 0) is 16.3 Å². The summed E-state index contributed by atoms with van der Waals surface area (Å²) in [4.78, 5) is 1.37. The Morgan fingerprint density at radius 2 is 2.05 bits per heavy atom. The molecule has 0 bridgehead atoms. The minimum Gasteiger partial charge on any atom is -0.504 e. The van der Waals surface area contributed by atoms with E-state index in [0.29, 0.717) is 11.5 Å². The smallest absolute Gasteiger partial charge is 0.161 e. The minimum atomic E-state index is 0.0490. The number of hydrogen-bond donors (Lipinski definition) is 1. The zero-order valence-corrected chi connectivity index (χ0v) is 13.4. The molecule has 0 amide bonds. The summed E-state index contributed by atoms with van der Waals surface area (Å²) < 4.78 is 5.29. The van der Waals surface area contributed by atoms with Crippen LogP contribution in [0.5, 0.6) is 11.5 Å². The summed E-state index contributed by atoms with van der Waals surface area (Å²) >= 11 is 3.93. The van der Waals surface area contributed by atoms with Crippen LogP contribution in [0.15, 0.2) is 41.3 Å². The fourth-order valence-electron chi connectivity index (χ4n) is 3.19. The number of ether oxygens (including phenoxy) is 1. The van der Waals surface area contributed by atoms with Gasteiger partial charge in [-0.3, -0.25) is 0 Å². The van der Waals surface area contributed by atoms with Crippen molar-refractivity contribution in [2.45, 2.75) is 27.6 Å². The Hall–Kier alpha value is -1.26. The van der Waals surface area contributed by atoms with Gasteiger partial charge in [0.05, 0.1) is 11.2 Å². The molecule has 4 heteroatoms. The topological polar surface area (TPSA) is 29.5 Å². The average Bonchev–Trinajstić information content (AvgIpc) is 2.87. The second-order valence-corrected chi connectivity index (χ2v) is 8.27. The van der Waals surface area contributed by atoms with Gasteiger partial charge in [0.2, 0.25) is 0 Å². The highest BCUT2D eigenvalue weighted by Crippen LogP contribution is 2.63. The number of methoxy groups -OCH3 is 1. The van der Waals surface area contributed by atoms with Crippen LogP contribution in [0.25, 0.3) is 0 Å². The number of rotatable bonds is 1. The third-order valence-electron chi connectivity index (χ3n) is 4.29. The van der Waals surface area contributed by atoms with E-state index in [0.717, 1.165) is 24.2 Å². The molecule has 0 fully saturated rings. The number of phenols is 1. The number of phenolic OH excluding ortho intramolecular Hbond substituents is 1. The third-order valence-corrected chi connectivity index (χ3v) is 7.61. The van der Waals surface area contributed by atoms with Crippen molar-refractivity contribution in [1.82, 2.24) is 0 Å². The van der Waals surface area contributed by atoms with Gasteiger partial charge in [-0.2, -0.15) is 0 Å². The molecule has 1 aliphatic carbocycles. The predicted octanol–water partition coefficient (Wildman–Crippen LogP) is 4.54. The molecule has 0 aromatic heterocycles. The monoisotopic (exact) mass is 316 g/mol. The molecule has 2 aliphatic rings. The molecule has 21 heavy (non-hydrogen) atoms. The molecular formula is C17H16O2S2. The van der Waals surface area contributed by atoms with Gasteiger partial charge < -0.3 is 9.84 Å². The molecule has 108 valence electrons. The van der Waals surface area contributed by atoms with Crippen molar-refractivity contribution in [1.29, 1.82) is 0 Å². The summed E-state index contributed by atoms with van der Waals surface area (Å²) in [6.45, 7) is 0. The van der Waals surface area contributed by atoms with Crippen LogP contribution in [0.3, 0.4) is 0 Å². The normalized spacial score (nSPS) is 22.9. The van der Waals surface area contributed by atoms with E-state index in [-0.39, 0.29) is 4.08 Å². The molecule has 1 unspecified atom stereocenters. The Morgan fingerprint density at radius 3 is 2.90 bits per heavy atom. The number of benzene rings is 2. The van der Waals surface area contributed by atoms with Gasteiger partial charge in [0.1, 0.15) is 0 Å². The lowest BCUT2D eigenvalue weighted by molar-refractivity contribution is 0.371. The van der Waals surface area contributed by atoms with E-state index in [1.807, 2.05) is 29.6 Å². The van der Waals surface area contributed by atoms with E-state index in [9.17, 15) is 5.11 Å². The van der Waals surface area contributed by atoms with Crippen molar-refractivity contribution in [3.63, 3.8) is 0 Å². The first-order valence-corrected chi connectivity index (χ1v) is 8.84. The lowest BCUT2D eigenvalue weighted by Gasteiger charge is -2.34. The fraction of sp³-hybridized carbons (Fsp3) is 0.294. The number of aromatic hydroxyl groups is 1. The maximum Gasteiger partial charge on any atom is 0.161 e. The van der Waals surface area contributed by atoms with Gasteiger partial charge in [0.15, 0.2) is 11.5 Å². The molecule has 1 atom stereocenters. The first kappa shape index (κ1) is 13.4. The quantitative estimate of drug-likeness (QED) is 0.836. The number of fused-ring (bicyclic) bond motifs is 3. The second-order valence-electron chi connectivity index (χ2n) is 5.39. The van der Waals surface area contributed by atoms with E-state index < -0.39 is 0 Å². The Bertz CT molecular complexity index is 714.